The van der Waals surface area contributed by atoms with Gasteiger partial charge in [0.1, 0.15) is 11.9 Å². The van der Waals surface area contributed by atoms with Crippen molar-refractivity contribution in [2.75, 3.05) is 38.3 Å². The smallest absolute Gasteiger partial charge is 0.191 e. The van der Waals surface area contributed by atoms with Gasteiger partial charge in [0.25, 0.3) is 0 Å². The van der Waals surface area contributed by atoms with E-state index in [1.165, 1.54) is 17.7 Å². The first-order valence-corrected chi connectivity index (χ1v) is 11.0. The van der Waals surface area contributed by atoms with Gasteiger partial charge in [-0.3, -0.25) is 0 Å². The van der Waals surface area contributed by atoms with Crippen LogP contribution in [-0.2, 0) is 11.3 Å². The average Bonchev–Trinajstić information content (AvgIpc) is 3.13. The zero-order chi connectivity index (χ0) is 18.6. The van der Waals surface area contributed by atoms with Crippen LogP contribution in [0.15, 0.2) is 23.2 Å². The minimum atomic E-state index is 0.155. The predicted molar refractivity (Wildman–Crippen MR) is 111 cm³/mol. The number of ether oxygens (including phenoxy) is 2. The van der Waals surface area contributed by atoms with Crippen LogP contribution in [0.3, 0.4) is 0 Å². The third-order valence-electron chi connectivity index (χ3n) is 4.22. The van der Waals surface area contributed by atoms with Crippen LogP contribution in [0, 0.1) is 6.92 Å². The van der Waals surface area contributed by atoms with E-state index in [1.54, 1.807) is 0 Å². The molecule has 1 heterocycles. The molecule has 0 radical (unpaired) electrons. The lowest BCUT2D eigenvalue weighted by Gasteiger charge is -2.16. The quantitative estimate of drug-likeness (QED) is 0.371. The molecule has 2 N–H and O–H groups in total. The molecule has 0 spiro atoms. The zero-order valence-electron chi connectivity index (χ0n) is 16.3. The average molecular weight is 380 g/mol. The fourth-order valence-corrected chi connectivity index (χ4v) is 3.26. The summed E-state index contributed by atoms with van der Waals surface area (Å²) in [4.78, 5) is 4.74. The molecule has 1 fully saturated rings. The highest BCUT2D eigenvalue weighted by atomic mass is 32.2. The fourth-order valence-electron chi connectivity index (χ4n) is 2.77. The Morgan fingerprint density at radius 2 is 2.23 bits per heavy atom. The summed E-state index contributed by atoms with van der Waals surface area (Å²) in [5.74, 6) is 3.01. The van der Waals surface area contributed by atoms with Crippen LogP contribution in [0.25, 0.3) is 0 Å². The van der Waals surface area contributed by atoms with Crippen molar-refractivity contribution in [3.05, 3.63) is 29.3 Å². The standard InChI is InChI=1S/C20H33N3O2S/c1-4-21-20(22-10-5-6-12-26-3)23-14-17-8-7-16(2)13-19(17)25-18-9-11-24-15-18/h7-8,13,18H,4-6,9-12,14-15H2,1-3H3,(H2,21,22,23). The second-order valence-electron chi connectivity index (χ2n) is 6.54. The number of nitrogens with one attached hydrogen (secondary N) is 2. The van der Waals surface area contributed by atoms with Crippen molar-refractivity contribution >= 4 is 17.7 Å². The summed E-state index contributed by atoms with van der Waals surface area (Å²) in [7, 11) is 0. The Labute approximate surface area is 162 Å². The summed E-state index contributed by atoms with van der Waals surface area (Å²) in [5.41, 5.74) is 2.31. The molecule has 0 aromatic heterocycles. The van der Waals surface area contributed by atoms with E-state index in [0.717, 1.165) is 49.8 Å². The SMILES string of the molecule is CCNC(=NCc1ccc(C)cc1OC1CCOC1)NCCCCSC. The Bertz CT molecular complexity index is 560. The van der Waals surface area contributed by atoms with E-state index in [2.05, 4.69) is 48.9 Å². The van der Waals surface area contributed by atoms with Crippen molar-refractivity contribution in [2.24, 2.45) is 4.99 Å². The molecule has 1 unspecified atom stereocenters. The van der Waals surface area contributed by atoms with Crippen molar-refractivity contribution in [1.29, 1.82) is 0 Å². The Kier molecular flexibility index (Phi) is 9.71. The van der Waals surface area contributed by atoms with Crippen molar-refractivity contribution in [1.82, 2.24) is 10.6 Å². The first-order chi connectivity index (χ1) is 12.7. The van der Waals surface area contributed by atoms with E-state index in [4.69, 9.17) is 14.5 Å². The van der Waals surface area contributed by atoms with Crippen molar-refractivity contribution < 1.29 is 9.47 Å². The highest BCUT2D eigenvalue weighted by molar-refractivity contribution is 7.98. The van der Waals surface area contributed by atoms with Crippen molar-refractivity contribution in [2.45, 2.75) is 45.8 Å². The van der Waals surface area contributed by atoms with E-state index < -0.39 is 0 Å². The number of hydrogen-bond acceptors (Lipinski definition) is 4. The van der Waals surface area contributed by atoms with Crippen molar-refractivity contribution in [3.8, 4) is 5.75 Å². The van der Waals surface area contributed by atoms with E-state index >= 15 is 0 Å². The largest absolute Gasteiger partial charge is 0.488 e. The third-order valence-corrected chi connectivity index (χ3v) is 4.92. The summed E-state index contributed by atoms with van der Waals surface area (Å²) in [6.45, 7) is 8.04. The first-order valence-electron chi connectivity index (χ1n) is 9.58. The summed E-state index contributed by atoms with van der Waals surface area (Å²) < 4.78 is 11.6. The lowest BCUT2D eigenvalue weighted by molar-refractivity contribution is 0.140. The van der Waals surface area contributed by atoms with E-state index in [9.17, 15) is 0 Å². The molecule has 0 saturated carbocycles. The molecule has 1 aromatic rings. The molecule has 0 bridgehead atoms. The number of nitrogens with zero attached hydrogens (tertiary/aromatic N) is 1. The number of guanidine groups is 1. The van der Waals surface area contributed by atoms with Crippen molar-refractivity contribution in [3.63, 3.8) is 0 Å². The molecule has 1 aromatic carbocycles. The van der Waals surface area contributed by atoms with Gasteiger partial charge >= 0.3 is 0 Å². The highest BCUT2D eigenvalue weighted by Crippen LogP contribution is 2.24. The second kappa shape index (κ2) is 12.1. The van der Waals surface area contributed by atoms with Crippen LogP contribution in [0.2, 0.25) is 0 Å². The molecule has 1 saturated heterocycles. The molecule has 1 aliphatic rings. The van der Waals surface area contributed by atoms with Gasteiger partial charge in [-0.15, -0.1) is 0 Å². The maximum absolute atomic E-state index is 6.17. The predicted octanol–water partition coefficient (Wildman–Crippen LogP) is 3.36. The van der Waals surface area contributed by atoms with E-state index in [-0.39, 0.29) is 6.10 Å². The molecule has 146 valence electrons. The second-order valence-corrected chi connectivity index (χ2v) is 7.52. The van der Waals surface area contributed by atoms with Gasteiger partial charge in [-0.05, 0) is 50.3 Å². The molecule has 6 heteroatoms. The van der Waals surface area contributed by atoms with Crippen LogP contribution < -0.4 is 15.4 Å². The number of rotatable bonds is 10. The van der Waals surface area contributed by atoms with Crippen LogP contribution in [-0.4, -0.2) is 50.4 Å². The fraction of sp³-hybridized carbons (Fsp3) is 0.650. The van der Waals surface area contributed by atoms with Crippen LogP contribution in [0.4, 0.5) is 0 Å². The van der Waals surface area contributed by atoms with E-state index in [1.807, 2.05) is 11.8 Å². The number of aliphatic imine (C=N–C) groups is 1. The molecule has 26 heavy (non-hydrogen) atoms. The molecule has 2 rings (SSSR count). The molecular formula is C20H33N3O2S. The summed E-state index contributed by atoms with van der Waals surface area (Å²) in [6, 6.07) is 6.34. The molecule has 1 atom stereocenters. The molecule has 0 amide bonds. The molecule has 1 aliphatic heterocycles. The normalized spacial score (nSPS) is 17.3. The van der Waals surface area contributed by atoms with Gasteiger partial charge in [-0.2, -0.15) is 11.8 Å². The minimum absolute atomic E-state index is 0.155. The van der Waals surface area contributed by atoms with Gasteiger partial charge in [0.2, 0.25) is 0 Å². The molecular weight excluding hydrogens is 346 g/mol. The maximum Gasteiger partial charge on any atom is 0.191 e. The number of aryl methyl sites for hydroxylation is 1. The first kappa shape index (κ1) is 20.9. The van der Waals surface area contributed by atoms with Gasteiger partial charge < -0.3 is 20.1 Å². The third kappa shape index (κ3) is 7.46. The minimum Gasteiger partial charge on any atom is -0.488 e. The summed E-state index contributed by atoms with van der Waals surface area (Å²) in [6.07, 6.45) is 5.65. The Balaban J connectivity index is 1.95. The summed E-state index contributed by atoms with van der Waals surface area (Å²) >= 11 is 1.90. The van der Waals surface area contributed by atoms with Gasteiger partial charge in [-0.25, -0.2) is 4.99 Å². The van der Waals surface area contributed by atoms with Gasteiger partial charge in [0.05, 0.1) is 19.8 Å². The molecule has 0 aliphatic carbocycles. The van der Waals surface area contributed by atoms with E-state index in [0.29, 0.717) is 13.2 Å². The summed E-state index contributed by atoms with van der Waals surface area (Å²) in [5, 5.41) is 6.74. The zero-order valence-corrected chi connectivity index (χ0v) is 17.2. The monoisotopic (exact) mass is 379 g/mol. The number of thioether (sulfide) groups is 1. The Morgan fingerprint density at radius 1 is 1.35 bits per heavy atom. The van der Waals surface area contributed by atoms with Crippen LogP contribution in [0.5, 0.6) is 5.75 Å². The lowest BCUT2D eigenvalue weighted by Crippen LogP contribution is -2.37. The molecule has 5 nitrogen and oxygen atoms in total. The van der Waals surface area contributed by atoms with Gasteiger partial charge in [0, 0.05) is 25.1 Å². The van der Waals surface area contributed by atoms with Gasteiger partial charge in [-0.1, -0.05) is 12.1 Å². The Morgan fingerprint density at radius 3 is 2.96 bits per heavy atom. The Hall–Kier alpha value is -1.40. The highest BCUT2D eigenvalue weighted by Gasteiger charge is 2.18. The van der Waals surface area contributed by atoms with Crippen LogP contribution >= 0.6 is 11.8 Å². The van der Waals surface area contributed by atoms with Crippen LogP contribution in [0.1, 0.15) is 37.3 Å². The number of benzene rings is 1. The van der Waals surface area contributed by atoms with Gasteiger partial charge in [0.15, 0.2) is 5.96 Å². The maximum atomic E-state index is 6.17. The number of hydrogen-bond donors (Lipinski definition) is 2. The lowest BCUT2D eigenvalue weighted by atomic mass is 10.1. The number of unbranched alkanes of at least 4 members (excludes halogenated alkanes) is 1. The topological polar surface area (TPSA) is 54.9 Å².